The van der Waals surface area contributed by atoms with Crippen LogP contribution < -0.4 is 20.8 Å². The van der Waals surface area contributed by atoms with E-state index in [-0.39, 0.29) is 11.9 Å². The van der Waals surface area contributed by atoms with Crippen molar-refractivity contribution >= 4 is 22.8 Å². The standard InChI is InChI=1S/C19H20N4O2/c1-25-15-8-6-13(7-9-15)18(24)23-19(20)21-11-10-14-12-22-17-5-3-2-4-16(14)17/h2-9,12,22H,10-11H2,1H3,(H3,20,21,23,24)/p+1. The molecule has 0 saturated heterocycles. The van der Waals surface area contributed by atoms with Crippen molar-refractivity contribution < 1.29 is 14.5 Å². The van der Waals surface area contributed by atoms with Gasteiger partial charge in [-0.05, 0) is 35.9 Å². The Labute approximate surface area is 145 Å². The molecule has 25 heavy (non-hydrogen) atoms. The number of nitrogens with two attached hydrogens (primary N) is 1. The molecule has 1 heterocycles. The molecule has 1 amide bonds. The molecule has 0 saturated carbocycles. The van der Waals surface area contributed by atoms with Crippen molar-refractivity contribution in [2.75, 3.05) is 13.7 Å². The van der Waals surface area contributed by atoms with Gasteiger partial charge in [0, 0.05) is 23.5 Å². The van der Waals surface area contributed by atoms with Gasteiger partial charge in [0.25, 0.3) is 0 Å². The Hall–Kier alpha value is -3.28. The van der Waals surface area contributed by atoms with Crippen molar-refractivity contribution in [3.63, 3.8) is 0 Å². The zero-order valence-corrected chi connectivity index (χ0v) is 14.0. The number of amides is 1. The van der Waals surface area contributed by atoms with Crippen LogP contribution in [0.3, 0.4) is 0 Å². The molecular weight excluding hydrogens is 316 g/mol. The number of carbonyl (C=O) groups excluding carboxylic acids is 1. The molecule has 0 spiro atoms. The molecule has 2 aromatic carbocycles. The van der Waals surface area contributed by atoms with Gasteiger partial charge in [0.2, 0.25) is 0 Å². The molecule has 5 N–H and O–H groups in total. The second-order valence-electron chi connectivity index (χ2n) is 5.63. The molecule has 0 aliphatic rings. The Bertz CT molecular complexity index is 897. The van der Waals surface area contributed by atoms with Gasteiger partial charge in [-0.3, -0.25) is 15.5 Å². The number of aromatic nitrogens is 1. The molecule has 0 radical (unpaired) electrons. The predicted molar refractivity (Wildman–Crippen MR) is 97.5 cm³/mol. The first kappa shape index (κ1) is 16.6. The molecule has 0 fully saturated rings. The van der Waals surface area contributed by atoms with Gasteiger partial charge in [-0.15, -0.1) is 0 Å². The summed E-state index contributed by atoms with van der Waals surface area (Å²) in [6.45, 7) is 0.622. The summed E-state index contributed by atoms with van der Waals surface area (Å²) >= 11 is 0. The third kappa shape index (κ3) is 3.98. The summed E-state index contributed by atoms with van der Waals surface area (Å²) < 4.78 is 5.07. The predicted octanol–water partition coefficient (Wildman–Crippen LogP) is 0.544. The minimum atomic E-state index is -0.264. The van der Waals surface area contributed by atoms with Gasteiger partial charge in [-0.25, -0.2) is 5.32 Å². The van der Waals surface area contributed by atoms with E-state index in [0.717, 1.165) is 11.9 Å². The van der Waals surface area contributed by atoms with Crippen LogP contribution in [-0.4, -0.2) is 30.5 Å². The Morgan fingerprint density at radius 3 is 2.72 bits per heavy atom. The Kier molecular flexibility index (Phi) is 4.99. The van der Waals surface area contributed by atoms with Crippen LogP contribution in [0.1, 0.15) is 15.9 Å². The summed E-state index contributed by atoms with van der Waals surface area (Å²) in [4.78, 5) is 18.4. The Morgan fingerprint density at radius 1 is 1.20 bits per heavy atom. The van der Waals surface area contributed by atoms with Gasteiger partial charge >= 0.3 is 11.9 Å². The van der Waals surface area contributed by atoms with Gasteiger partial charge < -0.3 is 9.72 Å². The highest BCUT2D eigenvalue weighted by molar-refractivity contribution is 6.03. The maximum atomic E-state index is 12.1. The van der Waals surface area contributed by atoms with E-state index in [1.165, 1.54) is 10.9 Å². The molecule has 128 valence electrons. The van der Waals surface area contributed by atoms with E-state index in [4.69, 9.17) is 10.5 Å². The third-order valence-electron chi connectivity index (χ3n) is 3.99. The zero-order valence-electron chi connectivity index (χ0n) is 14.0. The summed E-state index contributed by atoms with van der Waals surface area (Å²) in [7, 11) is 1.58. The van der Waals surface area contributed by atoms with Gasteiger partial charge in [-0.2, -0.15) is 0 Å². The van der Waals surface area contributed by atoms with Crippen LogP contribution in [0.5, 0.6) is 5.75 Å². The van der Waals surface area contributed by atoms with Crippen molar-refractivity contribution in [3.8, 4) is 5.75 Å². The summed E-state index contributed by atoms with van der Waals surface area (Å²) in [5.41, 5.74) is 8.70. The highest BCUT2D eigenvalue weighted by Crippen LogP contribution is 2.17. The van der Waals surface area contributed by atoms with Crippen LogP contribution in [0.2, 0.25) is 0 Å². The van der Waals surface area contributed by atoms with Gasteiger partial charge in [0.1, 0.15) is 5.75 Å². The van der Waals surface area contributed by atoms with E-state index >= 15 is 0 Å². The molecule has 0 aliphatic carbocycles. The van der Waals surface area contributed by atoms with Crippen LogP contribution in [0.15, 0.2) is 54.7 Å². The average Bonchev–Trinajstić information content (AvgIpc) is 3.05. The fourth-order valence-corrected chi connectivity index (χ4v) is 2.65. The highest BCUT2D eigenvalue weighted by atomic mass is 16.5. The molecule has 0 unspecified atom stereocenters. The van der Waals surface area contributed by atoms with E-state index in [9.17, 15) is 4.79 Å². The molecule has 3 aromatic rings. The second-order valence-corrected chi connectivity index (χ2v) is 5.63. The normalized spacial score (nSPS) is 11.5. The quantitative estimate of drug-likeness (QED) is 0.404. The van der Waals surface area contributed by atoms with E-state index in [1.807, 2.05) is 24.4 Å². The van der Waals surface area contributed by atoms with Gasteiger partial charge in [-0.1, -0.05) is 18.2 Å². The lowest BCUT2D eigenvalue weighted by molar-refractivity contribution is -0.459. The molecule has 0 atom stereocenters. The van der Waals surface area contributed by atoms with E-state index in [0.29, 0.717) is 17.9 Å². The van der Waals surface area contributed by atoms with Crippen molar-refractivity contribution in [2.45, 2.75) is 6.42 Å². The number of nitrogens with one attached hydrogen (secondary N) is 3. The van der Waals surface area contributed by atoms with Crippen molar-refractivity contribution in [1.29, 1.82) is 0 Å². The maximum Gasteiger partial charge on any atom is 0.348 e. The number of benzene rings is 2. The molecule has 0 aliphatic heterocycles. The van der Waals surface area contributed by atoms with E-state index < -0.39 is 0 Å². The summed E-state index contributed by atoms with van der Waals surface area (Å²) in [6.07, 6.45) is 2.79. The number of guanidine groups is 1. The minimum Gasteiger partial charge on any atom is -0.497 e. The lowest BCUT2D eigenvalue weighted by Crippen LogP contribution is -2.79. The first-order valence-corrected chi connectivity index (χ1v) is 8.04. The number of hydrogen-bond donors (Lipinski definition) is 4. The number of para-hydroxylation sites is 1. The lowest BCUT2D eigenvalue weighted by atomic mass is 10.1. The largest absolute Gasteiger partial charge is 0.497 e. The van der Waals surface area contributed by atoms with E-state index in [1.54, 1.807) is 31.4 Å². The number of fused-ring (bicyclic) bond motifs is 1. The average molecular weight is 337 g/mol. The Balaban J connectivity index is 1.57. The minimum absolute atomic E-state index is 0.237. The fraction of sp³-hybridized carbons (Fsp3) is 0.158. The molecule has 6 heteroatoms. The number of H-pyrrole nitrogens is 1. The molecular formula is C19H21N4O2+. The van der Waals surface area contributed by atoms with Gasteiger partial charge in [0.15, 0.2) is 0 Å². The fourth-order valence-electron chi connectivity index (χ4n) is 2.65. The number of ether oxygens (including phenoxy) is 1. The number of methoxy groups -OCH3 is 1. The number of rotatable bonds is 5. The molecule has 1 aromatic heterocycles. The number of carbonyl (C=O) groups is 1. The number of hydrogen-bond acceptors (Lipinski definition) is 2. The smallest absolute Gasteiger partial charge is 0.348 e. The first-order chi connectivity index (χ1) is 12.2. The molecule has 0 bridgehead atoms. The van der Waals surface area contributed by atoms with Crippen LogP contribution in [0.25, 0.3) is 10.9 Å². The third-order valence-corrected chi connectivity index (χ3v) is 3.99. The topological polar surface area (TPSA) is 94.1 Å². The monoisotopic (exact) mass is 337 g/mol. The highest BCUT2D eigenvalue weighted by Gasteiger charge is 2.11. The maximum absolute atomic E-state index is 12.1. The number of aromatic amines is 1. The van der Waals surface area contributed by atoms with Crippen molar-refractivity contribution in [1.82, 2.24) is 10.3 Å². The zero-order chi connectivity index (χ0) is 17.6. The van der Waals surface area contributed by atoms with E-state index in [2.05, 4.69) is 21.4 Å². The van der Waals surface area contributed by atoms with Gasteiger partial charge in [0.05, 0.1) is 19.2 Å². The van der Waals surface area contributed by atoms with Crippen molar-refractivity contribution in [2.24, 2.45) is 5.73 Å². The first-order valence-electron chi connectivity index (χ1n) is 8.04. The Morgan fingerprint density at radius 2 is 1.96 bits per heavy atom. The SMILES string of the molecule is COc1ccc(C(=O)NC(N)=[NH+]CCc2c[nH]c3ccccc23)cc1. The van der Waals surface area contributed by atoms with Crippen LogP contribution in [0.4, 0.5) is 0 Å². The molecule has 6 nitrogen and oxygen atoms in total. The molecule has 3 rings (SSSR count). The summed E-state index contributed by atoms with van der Waals surface area (Å²) in [5.74, 6) is 0.672. The lowest BCUT2D eigenvalue weighted by Gasteiger charge is -2.02. The van der Waals surface area contributed by atoms with Crippen LogP contribution >= 0.6 is 0 Å². The second kappa shape index (κ2) is 7.53. The summed E-state index contributed by atoms with van der Waals surface area (Å²) in [5, 5.41) is 3.85. The van der Waals surface area contributed by atoms with Crippen LogP contribution in [-0.2, 0) is 6.42 Å². The summed E-state index contributed by atoms with van der Waals surface area (Å²) in [6, 6.07) is 15.0. The van der Waals surface area contributed by atoms with Crippen molar-refractivity contribution in [3.05, 3.63) is 65.9 Å². The van der Waals surface area contributed by atoms with Crippen LogP contribution in [0, 0.1) is 0 Å².